The summed E-state index contributed by atoms with van der Waals surface area (Å²) in [5, 5.41) is 3.39. The van der Waals surface area contributed by atoms with E-state index in [1.165, 1.54) is 17.1 Å². The van der Waals surface area contributed by atoms with Gasteiger partial charge in [-0.15, -0.1) is 0 Å². The van der Waals surface area contributed by atoms with E-state index in [2.05, 4.69) is 11.9 Å². The van der Waals surface area contributed by atoms with Crippen molar-refractivity contribution in [1.82, 2.24) is 9.62 Å². The zero-order chi connectivity index (χ0) is 13.6. The quantitative estimate of drug-likeness (QED) is 0.720. The monoisotopic (exact) mass is 274 g/mol. The summed E-state index contributed by atoms with van der Waals surface area (Å²) >= 11 is 0. The maximum Gasteiger partial charge on any atom is 0.214 e. The second kappa shape index (κ2) is 7.26. The van der Waals surface area contributed by atoms with Crippen LogP contribution >= 0.6 is 0 Å². The molecule has 0 aromatic carbocycles. The maximum atomic E-state index is 12.2. The first-order valence-corrected chi connectivity index (χ1v) is 8.42. The molecule has 0 spiro atoms. The molecule has 0 amide bonds. The van der Waals surface area contributed by atoms with Crippen LogP contribution in [0.4, 0.5) is 0 Å². The second-order valence-electron chi connectivity index (χ2n) is 5.13. The molecule has 1 saturated heterocycles. The van der Waals surface area contributed by atoms with E-state index in [0.29, 0.717) is 19.1 Å². The van der Waals surface area contributed by atoms with Gasteiger partial charge in [0.05, 0.1) is 5.75 Å². The highest BCUT2D eigenvalue weighted by Gasteiger charge is 2.22. The molecule has 106 valence electrons. The van der Waals surface area contributed by atoms with Crippen LogP contribution in [-0.2, 0) is 10.0 Å². The first-order chi connectivity index (χ1) is 8.45. The summed E-state index contributed by atoms with van der Waals surface area (Å²) in [6, 6.07) is 0.372. The summed E-state index contributed by atoms with van der Waals surface area (Å²) in [5.41, 5.74) is 0.885. The molecule has 4 nitrogen and oxygen atoms in total. The average Bonchev–Trinajstić information content (AvgIpc) is 2.34. The summed E-state index contributed by atoms with van der Waals surface area (Å²) < 4.78 is 25.9. The molecule has 1 unspecified atom stereocenters. The number of likely N-dealkylation sites (N-methyl/N-ethyl adjacent to an activating group) is 1. The number of sulfonamides is 1. The summed E-state index contributed by atoms with van der Waals surface area (Å²) in [5.74, 6) is 0.242. The normalized spacial score (nSPS) is 21.2. The number of hydrogen-bond donors (Lipinski definition) is 1. The molecule has 1 rings (SSSR count). The summed E-state index contributed by atoms with van der Waals surface area (Å²) in [4.78, 5) is 0. The largest absolute Gasteiger partial charge is 0.314 e. The predicted molar refractivity (Wildman–Crippen MR) is 76.1 cm³/mol. The first kappa shape index (κ1) is 15.7. The molecule has 0 bridgehead atoms. The van der Waals surface area contributed by atoms with E-state index < -0.39 is 10.0 Å². The molecule has 1 aliphatic rings. The third-order valence-corrected chi connectivity index (χ3v) is 5.25. The van der Waals surface area contributed by atoms with Crippen molar-refractivity contribution in [3.05, 3.63) is 12.2 Å². The highest BCUT2D eigenvalue weighted by Crippen LogP contribution is 2.13. The van der Waals surface area contributed by atoms with Crippen molar-refractivity contribution in [2.24, 2.45) is 0 Å². The molecule has 1 fully saturated rings. The predicted octanol–water partition coefficient (Wildman–Crippen LogP) is 1.75. The van der Waals surface area contributed by atoms with E-state index >= 15 is 0 Å². The van der Waals surface area contributed by atoms with Crippen molar-refractivity contribution in [2.75, 3.05) is 25.4 Å². The summed E-state index contributed by atoms with van der Waals surface area (Å²) in [6.45, 7) is 9.51. The Labute approximate surface area is 111 Å². The molecule has 1 N–H and O–H groups in total. The van der Waals surface area contributed by atoms with E-state index in [1.807, 2.05) is 13.8 Å². The van der Waals surface area contributed by atoms with Gasteiger partial charge < -0.3 is 5.32 Å². The zero-order valence-electron chi connectivity index (χ0n) is 11.6. The fourth-order valence-electron chi connectivity index (χ4n) is 2.30. The van der Waals surface area contributed by atoms with Gasteiger partial charge in [0.2, 0.25) is 10.0 Å². The van der Waals surface area contributed by atoms with Crippen LogP contribution < -0.4 is 5.32 Å². The molecule has 5 heteroatoms. The van der Waals surface area contributed by atoms with Crippen LogP contribution in [0.25, 0.3) is 0 Å². The lowest BCUT2D eigenvalue weighted by molar-refractivity contribution is 0.387. The van der Waals surface area contributed by atoms with Gasteiger partial charge >= 0.3 is 0 Å². The number of nitrogens with zero attached hydrogens (tertiary/aromatic N) is 1. The Hall–Kier alpha value is -0.390. The van der Waals surface area contributed by atoms with Crippen LogP contribution in [0, 0.1) is 0 Å². The van der Waals surface area contributed by atoms with E-state index in [9.17, 15) is 8.42 Å². The van der Waals surface area contributed by atoms with E-state index in [-0.39, 0.29) is 5.75 Å². The smallest absolute Gasteiger partial charge is 0.214 e. The van der Waals surface area contributed by atoms with Gasteiger partial charge in [0.1, 0.15) is 0 Å². The molecule has 1 heterocycles. The van der Waals surface area contributed by atoms with Crippen LogP contribution in [-0.4, -0.2) is 44.2 Å². The maximum absolute atomic E-state index is 12.2. The van der Waals surface area contributed by atoms with Crippen molar-refractivity contribution < 1.29 is 8.42 Å². The van der Waals surface area contributed by atoms with Crippen molar-refractivity contribution >= 4 is 10.0 Å². The highest BCUT2D eigenvalue weighted by atomic mass is 32.2. The van der Waals surface area contributed by atoms with E-state index in [0.717, 1.165) is 25.0 Å². The Morgan fingerprint density at radius 3 is 2.67 bits per heavy atom. The van der Waals surface area contributed by atoms with Gasteiger partial charge in [-0.3, -0.25) is 0 Å². The highest BCUT2D eigenvalue weighted by molar-refractivity contribution is 7.89. The molecule has 0 saturated carbocycles. The standard InChI is InChI=1S/C13H26N2O2S/c1-4-15(11-12(2)3)18(16,17)10-8-13-7-5-6-9-14-13/h13-14H,2,4-11H2,1,3H3. The Kier molecular flexibility index (Phi) is 6.32. The minimum Gasteiger partial charge on any atom is -0.314 e. The lowest BCUT2D eigenvalue weighted by Gasteiger charge is -2.25. The fourth-order valence-corrected chi connectivity index (χ4v) is 3.95. The van der Waals surface area contributed by atoms with Gasteiger partial charge in [0.25, 0.3) is 0 Å². The van der Waals surface area contributed by atoms with Gasteiger partial charge in [-0.25, -0.2) is 8.42 Å². The van der Waals surface area contributed by atoms with Crippen LogP contribution in [0.1, 0.15) is 39.5 Å². The number of hydrogen-bond acceptors (Lipinski definition) is 3. The van der Waals surface area contributed by atoms with Crippen molar-refractivity contribution in [2.45, 2.75) is 45.6 Å². The lowest BCUT2D eigenvalue weighted by atomic mass is 10.0. The van der Waals surface area contributed by atoms with Crippen molar-refractivity contribution in [1.29, 1.82) is 0 Å². The van der Waals surface area contributed by atoms with Crippen molar-refractivity contribution in [3.63, 3.8) is 0 Å². The van der Waals surface area contributed by atoms with Crippen molar-refractivity contribution in [3.8, 4) is 0 Å². The molecule has 0 aliphatic carbocycles. The van der Waals surface area contributed by atoms with Crippen LogP contribution in [0.2, 0.25) is 0 Å². The van der Waals surface area contributed by atoms with Crippen LogP contribution in [0.3, 0.4) is 0 Å². The molecular formula is C13H26N2O2S. The number of piperidine rings is 1. The molecule has 1 atom stereocenters. The van der Waals surface area contributed by atoms with Gasteiger partial charge in [-0.2, -0.15) is 4.31 Å². The van der Waals surface area contributed by atoms with E-state index in [4.69, 9.17) is 0 Å². The summed E-state index contributed by atoms with van der Waals surface area (Å²) in [7, 11) is -3.13. The average molecular weight is 274 g/mol. The Morgan fingerprint density at radius 2 is 2.17 bits per heavy atom. The van der Waals surface area contributed by atoms with Crippen LogP contribution in [0.15, 0.2) is 12.2 Å². The molecular weight excluding hydrogens is 248 g/mol. The second-order valence-corrected chi connectivity index (χ2v) is 7.22. The molecule has 18 heavy (non-hydrogen) atoms. The summed E-state index contributed by atoms with van der Waals surface area (Å²) in [6.07, 6.45) is 4.23. The van der Waals surface area contributed by atoms with Gasteiger partial charge in [-0.05, 0) is 32.7 Å². The number of nitrogens with one attached hydrogen (secondary N) is 1. The Balaban J connectivity index is 2.48. The van der Waals surface area contributed by atoms with Gasteiger partial charge in [0, 0.05) is 19.1 Å². The minimum absolute atomic E-state index is 0.242. The Morgan fingerprint density at radius 1 is 1.44 bits per heavy atom. The fraction of sp³-hybridized carbons (Fsp3) is 0.846. The molecule has 0 aromatic heterocycles. The topological polar surface area (TPSA) is 49.4 Å². The Bertz CT molecular complexity index is 359. The third-order valence-electron chi connectivity index (χ3n) is 3.33. The third kappa shape index (κ3) is 5.08. The van der Waals surface area contributed by atoms with Crippen LogP contribution in [0.5, 0.6) is 0 Å². The minimum atomic E-state index is -3.13. The van der Waals surface area contributed by atoms with Gasteiger partial charge in [-0.1, -0.05) is 25.5 Å². The molecule has 0 aromatic rings. The SMILES string of the molecule is C=C(C)CN(CC)S(=O)(=O)CCC1CCCCN1. The number of rotatable bonds is 7. The zero-order valence-corrected chi connectivity index (χ0v) is 12.4. The first-order valence-electron chi connectivity index (χ1n) is 6.81. The lowest BCUT2D eigenvalue weighted by Crippen LogP contribution is -2.39. The van der Waals surface area contributed by atoms with Gasteiger partial charge in [0.15, 0.2) is 0 Å². The van der Waals surface area contributed by atoms with E-state index in [1.54, 1.807) is 0 Å². The molecule has 0 radical (unpaired) electrons. The molecule has 1 aliphatic heterocycles.